The first-order chi connectivity index (χ1) is 14.0. The number of carbonyl (C=O) groups is 2. The largest absolute Gasteiger partial charge is 0.449 e. The van der Waals surface area contributed by atoms with Crippen LogP contribution in [0.25, 0.3) is 11.0 Å². The van der Waals surface area contributed by atoms with Gasteiger partial charge in [0.2, 0.25) is 5.76 Å². The highest BCUT2D eigenvalue weighted by Crippen LogP contribution is 2.32. The Labute approximate surface area is 172 Å². The van der Waals surface area contributed by atoms with Gasteiger partial charge in [0.05, 0.1) is 0 Å². The number of hydrogen-bond donors (Lipinski definition) is 2. The van der Waals surface area contributed by atoms with Gasteiger partial charge in [-0.3, -0.25) is 9.59 Å². The van der Waals surface area contributed by atoms with Crippen LogP contribution in [-0.4, -0.2) is 11.8 Å². The standard InChI is InChI=1S/C23H17ClN2O3/c1-14-5-4-6-15(13-14)22(27)26-20-18-7-2-3-8-19(18)29-21(20)23(28)25-17-11-9-16(24)10-12-17/h2-13H,1H3,(H,25,28)(H,26,27). The van der Waals surface area contributed by atoms with Gasteiger partial charge in [-0.1, -0.05) is 41.4 Å². The number of para-hydroxylation sites is 1. The van der Waals surface area contributed by atoms with E-state index >= 15 is 0 Å². The summed E-state index contributed by atoms with van der Waals surface area (Å²) in [6, 6.07) is 21.1. The number of rotatable bonds is 4. The third kappa shape index (κ3) is 4.00. The number of carbonyl (C=O) groups excluding carboxylic acids is 2. The molecule has 2 N–H and O–H groups in total. The first kappa shape index (κ1) is 18.8. The van der Waals surface area contributed by atoms with Gasteiger partial charge < -0.3 is 15.1 Å². The van der Waals surface area contributed by atoms with Crippen molar-refractivity contribution in [3.63, 3.8) is 0 Å². The smallest absolute Gasteiger partial charge is 0.293 e. The van der Waals surface area contributed by atoms with Crippen LogP contribution in [0.4, 0.5) is 11.4 Å². The lowest BCUT2D eigenvalue weighted by atomic mass is 10.1. The number of hydrogen-bond acceptors (Lipinski definition) is 3. The maximum Gasteiger partial charge on any atom is 0.293 e. The highest BCUT2D eigenvalue weighted by molar-refractivity contribution is 6.30. The number of anilines is 2. The van der Waals surface area contributed by atoms with E-state index in [9.17, 15) is 9.59 Å². The number of amides is 2. The van der Waals surface area contributed by atoms with E-state index in [0.717, 1.165) is 5.56 Å². The number of aryl methyl sites for hydroxylation is 1. The number of furan rings is 1. The molecule has 144 valence electrons. The Morgan fingerprint density at radius 2 is 1.62 bits per heavy atom. The molecule has 2 amide bonds. The van der Waals surface area contributed by atoms with Gasteiger partial charge in [0.15, 0.2) is 0 Å². The van der Waals surface area contributed by atoms with Gasteiger partial charge in [-0.25, -0.2) is 0 Å². The van der Waals surface area contributed by atoms with Gasteiger partial charge in [-0.2, -0.15) is 0 Å². The predicted octanol–water partition coefficient (Wildman–Crippen LogP) is 5.90. The average Bonchev–Trinajstić information content (AvgIpc) is 3.08. The zero-order valence-electron chi connectivity index (χ0n) is 15.5. The molecule has 4 aromatic rings. The molecule has 0 saturated heterocycles. The molecule has 0 unspecified atom stereocenters. The van der Waals surface area contributed by atoms with Crippen molar-refractivity contribution >= 4 is 45.8 Å². The Balaban J connectivity index is 1.69. The molecular weight excluding hydrogens is 388 g/mol. The molecule has 0 aliphatic carbocycles. The van der Waals surface area contributed by atoms with E-state index in [2.05, 4.69) is 10.6 Å². The first-order valence-electron chi connectivity index (χ1n) is 8.98. The molecular formula is C23H17ClN2O3. The molecule has 0 aliphatic rings. The van der Waals surface area contributed by atoms with Crippen molar-refractivity contribution in [2.75, 3.05) is 10.6 Å². The van der Waals surface area contributed by atoms with Crippen molar-refractivity contribution in [2.24, 2.45) is 0 Å². The molecule has 4 rings (SSSR count). The Morgan fingerprint density at radius 1 is 0.862 bits per heavy atom. The zero-order valence-corrected chi connectivity index (χ0v) is 16.3. The van der Waals surface area contributed by atoms with Crippen LogP contribution < -0.4 is 10.6 Å². The molecule has 29 heavy (non-hydrogen) atoms. The van der Waals surface area contributed by atoms with E-state index in [4.69, 9.17) is 16.0 Å². The molecule has 3 aromatic carbocycles. The second-order valence-corrected chi connectivity index (χ2v) is 7.02. The summed E-state index contributed by atoms with van der Waals surface area (Å²) in [6.45, 7) is 1.91. The maximum atomic E-state index is 12.9. The molecule has 0 radical (unpaired) electrons. The summed E-state index contributed by atoms with van der Waals surface area (Å²) in [6.07, 6.45) is 0. The van der Waals surface area contributed by atoms with Gasteiger partial charge in [0, 0.05) is 21.7 Å². The van der Waals surface area contributed by atoms with Crippen molar-refractivity contribution in [3.8, 4) is 0 Å². The van der Waals surface area contributed by atoms with Crippen molar-refractivity contribution in [1.29, 1.82) is 0 Å². The second-order valence-electron chi connectivity index (χ2n) is 6.59. The molecule has 0 spiro atoms. The Bertz CT molecular complexity index is 1210. The van der Waals surface area contributed by atoms with Crippen LogP contribution in [0.3, 0.4) is 0 Å². The third-order valence-corrected chi connectivity index (χ3v) is 4.67. The minimum atomic E-state index is -0.469. The van der Waals surface area contributed by atoms with Crippen LogP contribution in [0.15, 0.2) is 77.2 Å². The fraction of sp³-hybridized carbons (Fsp3) is 0.0435. The monoisotopic (exact) mass is 404 g/mol. The molecule has 0 fully saturated rings. The van der Waals surface area contributed by atoms with Crippen molar-refractivity contribution in [1.82, 2.24) is 0 Å². The van der Waals surface area contributed by atoms with E-state index in [0.29, 0.717) is 32.9 Å². The Morgan fingerprint density at radius 3 is 2.38 bits per heavy atom. The van der Waals surface area contributed by atoms with Crippen LogP contribution in [-0.2, 0) is 0 Å². The summed E-state index contributed by atoms with van der Waals surface area (Å²) < 4.78 is 5.76. The molecule has 6 heteroatoms. The minimum Gasteiger partial charge on any atom is -0.449 e. The number of fused-ring (bicyclic) bond motifs is 1. The van der Waals surface area contributed by atoms with Crippen molar-refractivity contribution in [2.45, 2.75) is 6.92 Å². The predicted molar refractivity (Wildman–Crippen MR) is 115 cm³/mol. The van der Waals surface area contributed by atoms with Crippen molar-refractivity contribution in [3.05, 3.63) is 94.7 Å². The lowest BCUT2D eigenvalue weighted by Crippen LogP contribution is -2.17. The summed E-state index contributed by atoms with van der Waals surface area (Å²) in [7, 11) is 0. The van der Waals surface area contributed by atoms with E-state index in [-0.39, 0.29) is 11.7 Å². The highest BCUT2D eigenvalue weighted by atomic mass is 35.5. The third-order valence-electron chi connectivity index (χ3n) is 4.42. The van der Waals surface area contributed by atoms with Gasteiger partial charge in [-0.05, 0) is 55.5 Å². The summed E-state index contributed by atoms with van der Waals surface area (Å²) >= 11 is 5.89. The summed E-state index contributed by atoms with van der Waals surface area (Å²) in [5.41, 5.74) is 2.87. The number of benzene rings is 3. The quantitative estimate of drug-likeness (QED) is 0.445. The summed E-state index contributed by atoms with van der Waals surface area (Å²) in [5, 5.41) is 6.82. The number of halogens is 1. The van der Waals surface area contributed by atoms with Gasteiger partial charge in [0.1, 0.15) is 11.3 Å². The van der Waals surface area contributed by atoms with E-state index in [1.54, 1.807) is 54.6 Å². The lowest BCUT2D eigenvalue weighted by Gasteiger charge is -2.08. The molecule has 0 atom stereocenters. The minimum absolute atomic E-state index is 0.0298. The Kier molecular flexibility index (Phi) is 5.06. The fourth-order valence-electron chi connectivity index (χ4n) is 3.02. The normalized spacial score (nSPS) is 10.7. The fourth-order valence-corrected chi connectivity index (χ4v) is 3.15. The van der Waals surface area contributed by atoms with Crippen LogP contribution in [0.1, 0.15) is 26.5 Å². The van der Waals surface area contributed by atoms with E-state index in [1.165, 1.54) is 0 Å². The first-order valence-corrected chi connectivity index (χ1v) is 9.35. The molecule has 0 saturated carbocycles. The molecule has 5 nitrogen and oxygen atoms in total. The number of nitrogens with one attached hydrogen (secondary N) is 2. The summed E-state index contributed by atoms with van der Waals surface area (Å²) in [5.74, 6) is -0.758. The second kappa shape index (κ2) is 7.81. The molecule has 1 heterocycles. The Hall–Kier alpha value is -3.57. The molecule has 0 aliphatic heterocycles. The SMILES string of the molecule is Cc1cccc(C(=O)Nc2c(C(=O)Nc3ccc(Cl)cc3)oc3ccccc23)c1. The van der Waals surface area contributed by atoms with Crippen molar-refractivity contribution < 1.29 is 14.0 Å². The lowest BCUT2D eigenvalue weighted by molar-refractivity contribution is 0.0999. The summed E-state index contributed by atoms with van der Waals surface area (Å²) in [4.78, 5) is 25.7. The molecule has 0 bridgehead atoms. The van der Waals surface area contributed by atoms with E-state index < -0.39 is 5.91 Å². The van der Waals surface area contributed by atoms with Crippen LogP contribution in [0.5, 0.6) is 0 Å². The zero-order chi connectivity index (χ0) is 20.4. The van der Waals surface area contributed by atoms with E-state index in [1.807, 2.05) is 25.1 Å². The van der Waals surface area contributed by atoms with Crippen LogP contribution in [0.2, 0.25) is 5.02 Å². The van der Waals surface area contributed by atoms with Crippen LogP contribution >= 0.6 is 11.6 Å². The molecule has 1 aromatic heterocycles. The van der Waals surface area contributed by atoms with Gasteiger partial charge in [0.25, 0.3) is 11.8 Å². The van der Waals surface area contributed by atoms with Gasteiger partial charge >= 0.3 is 0 Å². The van der Waals surface area contributed by atoms with Crippen LogP contribution in [0, 0.1) is 6.92 Å². The topological polar surface area (TPSA) is 71.3 Å². The average molecular weight is 405 g/mol. The van der Waals surface area contributed by atoms with Gasteiger partial charge in [-0.15, -0.1) is 0 Å². The highest BCUT2D eigenvalue weighted by Gasteiger charge is 2.23. The maximum absolute atomic E-state index is 12.9.